The molecule has 0 heterocycles. The fourth-order valence-corrected chi connectivity index (χ4v) is 2.65. The number of nitrogens with one attached hydrogen (secondary N) is 1. The summed E-state index contributed by atoms with van der Waals surface area (Å²) in [7, 11) is 0. The summed E-state index contributed by atoms with van der Waals surface area (Å²) in [5, 5.41) is 4.01. The number of carbonyl (C=O) groups is 1. The van der Waals surface area contributed by atoms with Crippen molar-refractivity contribution in [3.8, 4) is 0 Å². The molecule has 0 aliphatic rings. The molecule has 0 saturated heterocycles. The van der Waals surface area contributed by atoms with Crippen molar-refractivity contribution in [3.05, 3.63) is 60.2 Å². The van der Waals surface area contributed by atoms with E-state index < -0.39 is 6.03 Å². The smallest absolute Gasteiger partial charge is 0.332 e. The van der Waals surface area contributed by atoms with Crippen LogP contribution in [0.3, 0.4) is 0 Å². The Morgan fingerprint density at radius 3 is 2.29 bits per heavy atom. The lowest BCUT2D eigenvalue weighted by Crippen LogP contribution is -2.25. The predicted molar refractivity (Wildman–Crippen MR) is 86.6 cm³/mol. The van der Waals surface area contributed by atoms with Gasteiger partial charge in [-0.05, 0) is 36.2 Å². The molecule has 0 aliphatic heterocycles. The molecule has 2 aromatic rings. The van der Waals surface area contributed by atoms with Crippen molar-refractivity contribution < 1.29 is 4.79 Å². The summed E-state index contributed by atoms with van der Waals surface area (Å²) in [5.74, 6) is 0. The van der Waals surface area contributed by atoms with Crippen molar-refractivity contribution in [2.24, 2.45) is 10.8 Å². The summed E-state index contributed by atoms with van der Waals surface area (Å²) in [6.45, 7) is 1.98. The van der Waals surface area contributed by atoms with Crippen LogP contribution in [0.15, 0.2) is 69.5 Å². The zero-order valence-corrected chi connectivity index (χ0v) is 12.6. The van der Waals surface area contributed by atoms with E-state index in [2.05, 4.69) is 22.7 Å². The molecule has 21 heavy (non-hydrogen) atoms. The molecule has 2 amide bonds. The van der Waals surface area contributed by atoms with Crippen LogP contribution in [-0.2, 0) is 0 Å². The minimum atomic E-state index is -0.655. The van der Waals surface area contributed by atoms with Crippen LogP contribution in [0.25, 0.3) is 0 Å². The van der Waals surface area contributed by atoms with Gasteiger partial charge in [0.25, 0.3) is 0 Å². The number of urea groups is 1. The number of hydrazone groups is 1. The molecular weight excluding hydrogens is 282 g/mol. The normalized spacial score (nSPS) is 11.2. The van der Waals surface area contributed by atoms with E-state index in [4.69, 9.17) is 5.73 Å². The molecule has 0 atom stereocenters. The minimum Gasteiger partial charge on any atom is -0.350 e. The second-order valence-electron chi connectivity index (χ2n) is 4.33. The van der Waals surface area contributed by atoms with Gasteiger partial charge in [-0.2, -0.15) is 5.10 Å². The molecule has 0 spiro atoms. The van der Waals surface area contributed by atoms with Crippen LogP contribution < -0.4 is 11.2 Å². The zero-order valence-electron chi connectivity index (χ0n) is 11.7. The van der Waals surface area contributed by atoms with Crippen LogP contribution in [0, 0.1) is 0 Å². The molecule has 0 aromatic heterocycles. The molecule has 3 N–H and O–H groups in total. The number of nitrogens with zero attached hydrogens (tertiary/aromatic N) is 1. The highest BCUT2D eigenvalue weighted by Gasteiger charge is 2.03. The van der Waals surface area contributed by atoms with Gasteiger partial charge >= 0.3 is 6.03 Å². The molecule has 0 aliphatic carbocycles. The molecule has 108 valence electrons. The van der Waals surface area contributed by atoms with Gasteiger partial charge in [0.05, 0.1) is 5.71 Å². The topological polar surface area (TPSA) is 67.5 Å². The number of hydrogen-bond donors (Lipinski definition) is 2. The number of amides is 2. The number of carbonyl (C=O) groups excluding carboxylic acids is 1. The average Bonchev–Trinajstić information content (AvgIpc) is 2.50. The van der Waals surface area contributed by atoms with Crippen molar-refractivity contribution in [2.45, 2.75) is 23.1 Å². The van der Waals surface area contributed by atoms with Crippen molar-refractivity contribution in [1.29, 1.82) is 0 Å². The molecule has 0 bridgehead atoms. The maximum absolute atomic E-state index is 10.7. The maximum Gasteiger partial charge on any atom is 0.332 e. The van der Waals surface area contributed by atoms with Gasteiger partial charge in [0, 0.05) is 9.79 Å². The molecule has 2 aromatic carbocycles. The van der Waals surface area contributed by atoms with Crippen LogP contribution in [-0.4, -0.2) is 11.7 Å². The standard InChI is InChI=1S/C16H17N3OS/c1-2-15(18-19-16(17)20)12-8-10-14(11-9-12)21-13-6-4-3-5-7-13/h3-11H,2H2,1H3,(H3,17,19,20)/b18-15-. The second-order valence-corrected chi connectivity index (χ2v) is 5.47. The Morgan fingerprint density at radius 2 is 1.71 bits per heavy atom. The predicted octanol–water partition coefficient (Wildman–Crippen LogP) is 3.62. The Hall–Kier alpha value is -2.27. The lowest BCUT2D eigenvalue weighted by molar-refractivity contribution is 0.249. The Balaban J connectivity index is 2.10. The highest BCUT2D eigenvalue weighted by atomic mass is 32.2. The molecule has 0 fully saturated rings. The van der Waals surface area contributed by atoms with E-state index in [-0.39, 0.29) is 0 Å². The fraction of sp³-hybridized carbons (Fsp3) is 0.125. The number of nitrogens with two attached hydrogens (primary N) is 1. The Labute approximate surface area is 128 Å². The molecule has 0 radical (unpaired) electrons. The Bertz CT molecular complexity index is 624. The van der Waals surface area contributed by atoms with E-state index in [0.717, 1.165) is 16.2 Å². The Kier molecular flexibility index (Phi) is 5.40. The first-order valence-corrected chi connectivity index (χ1v) is 7.46. The molecule has 4 nitrogen and oxygen atoms in total. The molecular formula is C16H17N3OS. The molecule has 0 saturated carbocycles. The molecule has 5 heteroatoms. The first-order chi connectivity index (χ1) is 10.2. The highest BCUT2D eigenvalue weighted by Crippen LogP contribution is 2.27. The lowest BCUT2D eigenvalue weighted by atomic mass is 10.1. The third-order valence-electron chi connectivity index (χ3n) is 2.80. The van der Waals surface area contributed by atoms with Gasteiger partial charge in [-0.1, -0.05) is 49.0 Å². The third-order valence-corrected chi connectivity index (χ3v) is 3.82. The van der Waals surface area contributed by atoms with Crippen LogP contribution in [0.1, 0.15) is 18.9 Å². The number of primary amides is 1. The lowest BCUT2D eigenvalue weighted by Gasteiger charge is -2.06. The maximum atomic E-state index is 10.7. The van der Waals surface area contributed by atoms with E-state index >= 15 is 0 Å². The van der Waals surface area contributed by atoms with Crippen molar-refractivity contribution in [1.82, 2.24) is 5.43 Å². The fourth-order valence-electron chi connectivity index (χ4n) is 1.81. The minimum absolute atomic E-state index is 0.655. The first kappa shape index (κ1) is 15.1. The summed E-state index contributed by atoms with van der Waals surface area (Å²) in [4.78, 5) is 13.1. The van der Waals surface area contributed by atoms with Gasteiger partial charge in [0.2, 0.25) is 0 Å². The van der Waals surface area contributed by atoms with Gasteiger partial charge in [-0.3, -0.25) is 0 Å². The number of rotatable bonds is 5. The summed E-state index contributed by atoms with van der Waals surface area (Å²) in [5.41, 5.74) is 9.07. The first-order valence-electron chi connectivity index (χ1n) is 6.64. The zero-order chi connectivity index (χ0) is 15.1. The molecule has 2 rings (SSSR count). The van der Waals surface area contributed by atoms with E-state index in [1.807, 2.05) is 49.4 Å². The van der Waals surface area contributed by atoms with Crippen LogP contribution >= 0.6 is 11.8 Å². The van der Waals surface area contributed by atoms with Crippen LogP contribution in [0.5, 0.6) is 0 Å². The SMILES string of the molecule is CC/C(=N/NC(N)=O)c1ccc(Sc2ccccc2)cc1. The van der Waals surface area contributed by atoms with Crippen molar-refractivity contribution >= 4 is 23.5 Å². The monoisotopic (exact) mass is 299 g/mol. The summed E-state index contributed by atoms with van der Waals surface area (Å²) >= 11 is 1.70. The van der Waals surface area contributed by atoms with Gasteiger partial charge in [-0.25, -0.2) is 10.2 Å². The highest BCUT2D eigenvalue weighted by molar-refractivity contribution is 7.99. The summed E-state index contributed by atoms with van der Waals surface area (Å²) in [6.07, 6.45) is 0.714. The van der Waals surface area contributed by atoms with Gasteiger partial charge < -0.3 is 5.73 Å². The van der Waals surface area contributed by atoms with E-state index in [9.17, 15) is 4.79 Å². The van der Waals surface area contributed by atoms with Crippen molar-refractivity contribution in [2.75, 3.05) is 0 Å². The van der Waals surface area contributed by atoms with Gasteiger partial charge in [0.1, 0.15) is 0 Å². The third kappa shape index (κ3) is 4.65. The average molecular weight is 299 g/mol. The van der Waals surface area contributed by atoms with Gasteiger partial charge in [0.15, 0.2) is 0 Å². The van der Waals surface area contributed by atoms with E-state index in [1.165, 1.54) is 4.90 Å². The second kappa shape index (κ2) is 7.50. The molecule has 0 unspecified atom stereocenters. The largest absolute Gasteiger partial charge is 0.350 e. The quantitative estimate of drug-likeness (QED) is 0.654. The van der Waals surface area contributed by atoms with Crippen molar-refractivity contribution in [3.63, 3.8) is 0 Å². The van der Waals surface area contributed by atoms with E-state index in [0.29, 0.717) is 6.42 Å². The summed E-state index contributed by atoms with van der Waals surface area (Å²) in [6, 6.07) is 17.6. The van der Waals surface area contributed by atoms with E-state index in [1.54, 1.807) is 11.8 Å². The summed E-state index contributed by atoms with van der Waals surface area (Å²) < 4.78 is 0. The van der Waals surface area contributed by atoms with Gasteiger partial charge in [-0.15, -0.1) is 0 Å². The van der Waals surface area contributed by atoms with Crippen LogP contribution in [0.4, 0.5) is 4.79 Å². The Morgan fingerprint density at radius 1 is 1.10 bits per heavy atom. The van der Waals surface area contributed by atoms with Crippen LogP contribution in [0.2, 0.25) is 0 Å². The number of hydrogen-bond acceptors (Lipinski definition) is 3. The number of benzene rings is 2.